The Balaban J connectivity index is 2.22. The van der Waals surface area contributed by atoms with Gasteiger partial charge in [0, 0.05) is 11.8 Å². The van der Waals surface area contributed by atoms with Gasteiger partial charge in [-0.05, 0) is 9.91 Å². The summed E-state index contributed by atoms with van der Waals surface area (Å²) in [6, 6.07) is 0. The fraction of sp³-hybridized carbons (Fsp3) is 0.273. The number of aromatic nitrogens is 3. The molecule has 1 amide bonds. The average molecular weight is 338 g/mol. The number of imidazole rings is 1. The Labute approximate surface area is 133 Å². The second-order valence-electron chi connectivity index (χ2n) is 4.24. The van der Waals surface area contributed by atoms with E-state index in [0.29, 0.717) is 6.42 Å². The van der Waals surface area contributed by atoms with Crippen molar-refractivity contribution in [1.82, 2.24) is 20.3 Å². The number of oxime groups is 1. The summed E-state index contributed by atoms with van der Waals surface area (Å²) in [6.07, 6.45) is 2.09. The zero-order valence-electron chi connectivity index (χ0n) is 11.9. The maximum Gasteiger partial charge on any atom is 0.381 e. The highest BCUT2D eigenvalue weighted by atomic mass is 32.1. The number of nitrogen functional groups attached to an aromatic ring is 1. The van der Waals surface area contributed by atoms with E-state index in [2.05, 4.69) is 15.1 Å². The molecule has 2 heterocycles. The Bertz CT molecular complexity index is 753. The summed E-state index contributed by atoms with van der Waals surface area (Å²) < 4.78 is 1.35. The van der Waals surface area contributed by atoms with Gasteiger partial charge in [0.05, 0.1) is 0 Å². The lowest BCUT2D eigenvalue weighted by atomic mass is 10.3. The van der Waals surface area contributed by atoms with Crippen molar-refractivity contribution in [3.8, 4) is 0 Å². The summed E-state index contributed by atoms with van der Waals surface area (Å²) in [6.45, 7) is 1.76. The van der Waals surface area contributed by atoms with Crippen molar-refractivity contribution < 1.29 is 14.6 Å². The third-order valence-electron chi connectivity index (χ3n) is 2.70. The van der Waals surface area contributed by atoms with Crippen LogP contribution in [0, 0.1) is 10.1 Å². The minimum Gasteiger partial charge on any atom is -0.375 e. The number of nitro groups is 1. The Morgan fingerprint density at radius 3 is 2.91 bits per heavy atom. The molecular weight excluding hydrogens is 326 g/mol. The SMILES string of the molecule is CCC(ON=C(C([NH])=O)c1csc(N)n1)n1cnc([N+](=O)[O-])c1. The fourth-order valence-electron chi connectivity index (χ4n) is 1.63. The zero-order chi connectivity index (χ0) is 17.0. The molecule has 0 aromatic carbocycles. The fourth-order valence-corrected chi connectivity index (χ4v) is 2.18. The van der Waals surface area contributed by atoms with E-state index in [1.807, 2.05) is 0 Å². The average Bonchev–Trinajstić information content (AvgIpc) is 3.12. The van der Waals surface area contributed by atoms with E-state index in [9.17, 15) is 14.9 Å². The van der Waals surface area contributed by atoms with Crippen LogP contribution in [-0.2, 0) is 9.63 Å². The molecule has 0 aliphatic rings. The molecule has 121 valence electrons. The highest BCUT2D eigenvalue weighted by Crippen LogP contribution is 2.18. The maximum absolute atomic E-state index is 11.4. The van der Waals surface area contributed by atoms with Crippen molar-refractivity contribution in [3.05, 3.63) is 33.7 Å². The lowest BCUT2D eigenvalue weighted by molar-refractivity contribution is -0.389. The Morgan fingerprint density at radius 1 is 1.70 bits per heavy atom. The predicted octanol–water partition coefficient (Wildman–Crippen LogP) is 0.969. The number of nitrogens with two attached hydrogens (primary N) is 1. The van der Waals surface area contributed by atoms with Crippen molar-refractivity contribution in [3.63, 3.8) is 0 Å². The standard InChI is InChI=1S/C11H12N7O4S/c1-2-8(17-3-7(14-5-17)18(20)21)22-16-9(10(12)19)6-4-23-11(13)15-6/h3-5,8,12H,2H2,1H3,(H2,13,15). The Morgan fingerprint density at radius 2 is 2.43 bits per heavy atom. The molecule has 1 atom stereocenters. The first-order valence-corrected chi connectivity index (χ1v) is 7.19. The van der Waals surface area contributed by atoms with Crippen LogP contribution in [0.25, 0.3) is 0 Å². The summed E-state index contributed by atoms with van der Waals surface area (Å²) in [4.78, 5) is 34.1. The molecule has 0 saturated carbocycles. The maximum atomic E-state index is 11.4. The van der Waals surface area contributed by atoms with E-state index < -0.39 is 17.1 Å². The van der Waals surface area contributed by atoms with Gasteiger partial charge < -0.3 is 20.7 Å². The van der Waals surface area contributed by atoms with Crippen LogP contribution in [0.4, 0.5) is 10.9 Å². The first kappa shape index (κ1) is 16.4. The molecule has 3 N–H and O–H groups in total. The first-order valence-electron chi connectivity index (χ1n) is 6.31. The van der Waals surface area contributed by atoms with Crippen LogP contribution in [-0.4, -0.2) is 31.1 Å². The molecule has 0 saturated heterocycles. The number of rotatable bonds is 7. The van der Waals surface area contributed by atoms with E-state index >= 15 is 0 Å². The topological polar surface area (TPSA) is 162 Å². The zero-order valence-corrected chi connectivity index (χ0v) is 12.7. The number of carbonyl (C=O) groups excluding carboxylic acids is 1. The monoisotopic (exact) mass is 338 g/mol. The lowest BCUT2D eigenvalue weighted by Crippen LogP contribution is -2.18. The number of hydrogen-bond donors (Lipinski definition) is 1. The van der Waals surface area contributed by atoms with Crippen LogP contribution in [0.2, 0.25) is 0 Å². The molecule has 12 heteroatoms. The van der Waals surface area contributed by atoms with Crippen molar-refractivity contribution in [2.75, 3.05) is 5.73 Å². The van der Waals surface area contributed by atoms with E-state index in [1.54, 1.807) is 6.92 Å². The molecule has 2 rings (SSSR count). The Hall–Kier alpha value is -3.02. The number of nitrogens with zero attached hydrogens (tertiary/aromatic N) is 5. The molecule has 1 radical (unpaired) electrons. The minimum absolute atomic E-state index is 0.138. The van der Waals surface area contributed by atoms with Gasteiger partial charge in [0.1, 0.15) is 11.9 Å². The smallest absolute Gasteiger partial charge is 0.375 e. The number of hydrogen-bond acceptors (Lipinski definition) is 9. The minimum atomic E-state index is -1.08. The normalized spacial score (nSPS) is 12.8. The van der Waals surface area contributed by atoms with Gasteiger partial charge in [-0.2, -0.15) is 0 Å². The van der Waals surface area contributed by atoms with Gasteiger partial charge in [-0.25, -0.2) is 4.98 Å². The van der Waals surface area contributed by atoms with E-state index in [1.165, 1.54) is 22.5 Å². The third kappa shape index (κ3) is 3.79. The van der Waals surface area contributed by atoms with Gasteiger partial charge in [-0.15, -0.1) is 11.3 Å². The number of carbonyl (C=O) groups is 1. The number of thiazole rings is 1. The first-order chi connectivity index (χ1) is 10.9. The molecule has 0 bridgehead atoms. The second-order valence-corrected chi connectivity index (χ2v) is 5.13. The van der Waals surface area contributed by atoms with Crippen molar-refractivity contribution in [2.45, 2.75) is 19.6 Å². The van der Waals surface area contributed by atoms with Gasteiger partial charge >= 0.3 is 5.82 Å². The van der Waals surface area contributed by atoms with Crippen LogP contribution in [0.15, 0.2) is 23.1 Å². The van der Waals surface area contributed by atoms with Gasteiger partial charge in [-0.3, -0.25) is 15.1 Å². The van der Waals surface area contributed by atoms with Gasteiger partial charge in [0.2, 0.25) is 12.6 Å². The molecule has 0 spiro atoms. The molecular formula is C11H12N7O4S. The predicted molar refractivity (Wildman–Crippen MR) is 80.5 cm³/mol. The van der Waals surface area contributed by atoms with Crippen molar-refractivity contribution in [1.29, 1.82) is 0 Å². The largest absolute Gasteiger partial charge is 0.381 e. The quantitative estimate of drug-likeness (QED) is 0.446. The molecule has 0 aliphatic carbocycles. The second kappa shape index (κ2) is 6.83. The van der Waals surface area contributed by atoms with Crippen molar-refractivity contribution in [2.24, 2.45) is 5.16 Å². The van der Waals surface area contributed by atoms with E-state index in [-0.39, 0.29) is 22.4 Å². The molecule has 2 aromatic heterocycles. The van der Waals surface area contributed by atoms with E-state index in [4.69, 9.17) is 16.3 Å². The highest BCUT2D eigenvalue weighted by Gasteiger charge is 2.20. The third-order valence-corrected chi connectivity index (χ3v) is 3.38. The summed E-state index contributed by atoms with van der Waals surface area (Å²) in [5, 5.41) is 16.0. The van der Waals surface area contributed by atoms with Crippen molar-refractivity contribution >= 4 is 33.9 Å². The van der Waals surface area contributed by atoms with Crippen LogP contribution in [0.3, 0.4) is 0 Å². The van der Waals surface area contributed by atoms with Gasteiger partial charge in [-0.1, -0.05) is 12.1 Å². The number of amides is 1. The summed E-state index contributed by atoms with van der Waals surface area (Å²) >= 11 is 1.10. The molecule has 0 aliphatic heterocycles. The summed E-state index contributed by atoms with van der Waals surface area (Å²) in [5.41, 5.74) is 12.5. The molecule has 11 nitrogen and oxygen atoms in total. The van der Waals surface area contributed by atoms with Gasteiger partial charge in [0.25, 0.3) is 5.91 Å². The molecule has 2 aromatic rings. The molecule has 0 fully saturated rings. The number of anilines is 1. The molecule has 1 unspecified atom stereocenters. The Kier molecular flexibility index (Phi) is 4.85. The molecule has 23 heavy (non-hydrogen) atoms. The van der Waals surface area contributed by atoms with Crippen LogP contribution in [0.1, 0.15) is 25.3 Å². The number of nitrogens with one attached hydrogen (secondary N) is 1. The highest BCUT2D eigenvalue weighted by molar-refractivity contribution is 7.13. The summed E-state index contributed by atoms with van der Waals surface area (Å²) in [7, 11) is 0. The lowest BCUT2D eigenvalue weighted by Gasteiger charge is -2.13. The van der Waals surface area contributed by atoms with E-state index in [0.717, 1.165) is 11.3 Å². The van der Waals surface area contributed by atoms with Gasteiger partial charge in [0.15, 0.2) is 10.8 Å². The summed E-state index contributed by atoms with van der Waals surface area (Å²) in [5.74, 6) is -1.41. The van der Waals surface area contributed by atoms with Crippen LogP contribution in [0.5, 0.6) is 0 Å². The van der Waals surface area contributed by atoms with Crippen LogP contribution < -0.4 is 11.5 Å². The van der Waals surface area contributed by atoms with Crippen LogP contribution >= 0.6 is 11.3 Å².